The van der Waals surface area contributed by atoms with E-state index in [1.165, 1.54) is 10.5 Å². The minimum atomic E-state index is -3.65. The van der Waals surface area contributed by atoms with Gasteiger partial charge in [-0.15, -0.1) is 11.7 Å². The molecule has 1 aromatic carbocycles. The van der Waals surface area contributed by atoms with Crippen LogP contribution >= 0.6 is 0 Å². The molecule has 0 saturated carbocycles. The van der Waals surface area contributed by atoms with E-state index in [0.717, 1.165) is 18.4 Å². The Hall–Kier alpha value is -1.66. The topological polar surface area (TPSA) is 70.0 Å². The van der Waals surface area contributed by atoms with Crippen molar-refractivity contribution in [3.63, 3.8) is 0 Å². The van der Waals surface area contributed by atoms with Gasteiger partial charge < -0.3 is 5.21 Å². The molecule has 1 rings (SSSR count). The molecule has 0 radical (unpaired) electrons. The minimum Gasteiger partial charge on any atom is -0.411 e. The highest BCUT2D eigenvalue weighted by Gasteiger charge is 2.29. The van der Waals surface area contributed by atoms with E-state index in [1.54, 1.807) is 30.3 Å². The summed E-state index contributed by atoms with van der Waals surface area (Å²) in [6.45, 7) is 7.65. The van der Waals surface area contributed by atoms with Crippen molar-refractivity contribution in [1.82, 2.24) is 4.31 Å². The lowest BCUT2D eigenvalue weighted by Gasteiger charge is -2.29. The number of sulfonamides is 1. The van der Waals surface area contributed by atoms with E-state index in [2.05, 4.69) is 11.7 Å². The Morgan fingerprint density at radius 3 is 2.50 bits per heavy atom. The molecule has 0 aliphatic carbocycles. The third-order valence-corrected chi connectivity index (χ3v) is 5.37. The van der Waals surface area contributed by atoms with E-state index in [4.69, 9.17) is 5.21 Å². The van der Waals surface area contributed by atoms with Crippen molar-refractivity contribution in [1.29, 1.82) is 0 Å². The molecule has 1 atom stereocenters. The summed E-state index contributed by atoms with van der Waals surface area (Å²) in [5.41, 5.74) is 0.999. The zero-order valence-corrected chi connectivity index (χ0v) is 14.0. The van der Waals surface area contributed by atoms with Crippen LogP contribution in [0.4, 0.5) is 0 Å². The third kappa shape index (κ3) is 4.68. The number of oxime groups is 1. The number of rotatable bonds is 9. The minimum absolute atomic E-state index is 0.0330. The zero-order chi connectivity index (χ0) is 16.6. The Balaban J connectivity index is 3.22. The van der Waals surface area contributed by atoms with Crippen LogP contribution in [0.15, 0.2) is 47.0 Å². The van der Waals surface area contributed by atoms with Gasteiger partial charge in [-0.3, -0.25) is 0 Å². The van der Waals surface area contributed by atoms with Gasteiger partial charge in [0, 0.05) is 6.04 Å². The fraction of sp³-hybridized carbons (Fsp3) is 0.438. The van der Waals surface area contributed by atoms with Crippen molar-refractivity contribution in [2.45, 2.75) is 44.0 Å². The molecule has 5 nitrogen and oxygen atoms in total. The predicted molar refractivity (Wildman–Crippen MR) is 88.9 cm³/mol. The molecule has 0 heterocycles. The van der Waals surface area contributed by atoms with Crippen molar-refractivity contribution in [3.05, 3.63) is 42.5 Å². The molecule has 0 spiro atoms. The quantitative estimate of drug-likeness (QED) is 0.328. The van der Waals surface area contributed by atoms with Gasteiger partial charge in [0.2, 0.25) is 10.0 Å². The number of hydrogen-bond donors (Lipinski definition) is 1. The molecule has 0 fully saturated rings. The van der Waals surface area contributed by atoms with E-state index < -0.39 is 10.0 Å². The molecule has 122 valence electrons. The van der Waals surface area contributed by atoms with E-state index in [0.29, 0.717) is 6.42 Å². The van der Waals surface area contributed by atoms with Gasteiger partial charge in [0.05, 0.1) is 17.7 Å². The summed E-state index contributed by atoms with van der Waals surface area (Å²) < 4.78 is 27.2. The van der Waals surface area contributed by atoms with Crippen molar-refractivity contribution in [2.75, 3.05) is 6.54 Å². The van der Waals surface area contributed by atoms with Crippen molar-refractivity contribution in [2.24, 2.45) is 5.16 Å². The maximum atomic E-state index is 12.9. The van der Waals surface area contributed by atoms with Crippen LogP contribution in [0.3, 0.4) is 0 Å². The number of hydrogen-bond acceptors (Lipinski definition) is 4. The van der Waals surface area contributed by atoms with E-state index >= 15 is 0 Å². The van der Waals surface area contributed by atoms with Crippen LogP contribution in [0.2, 0.25) is 0 Å². The third-order valence-electron chi connectivity index (χ3n) is 3.44. The van der Waals surface area contributed by atoms with Gasteiger partial charge >= 0.3 is 0 Å². The average Bonchev–Trinajstić information content (AvgIpc) is 2.48. The number of benzene rings is 1. The highest BCUT2D eigenvalue weighted by atomic mass is 32.2. The Labute approximate surface area is 133 Å². The number of nitrogens with zero attached hydrogens (tertiary/aromatic N) is 2. The zero-order valence-electron chi connectivity index (χ0n) is 13.1. The van der Waals surface area contributed by atoms with Crippen LogP contribution in [0, 0.1) is 6.92 Å². The molecular formula is C16H24N2O3S. The smallest absolute Gasteiger partial charge is 0.243 e. The molecular weight excluding hydrogens is 300 g/mol. The Morgan fingerprint density at radius 1 is 1.36 bits per heavy atom. The van der Waals surface area contributed by atoms with E-state index in [-0.39, 0.29) is 17.5 Å². The Kier molecular flexibility index (Phi) is 7.27. The van der Waals surface area contributed by atoms with Crippen LogP contribution in [-0.2, 0) is 10.0 Å². The molecule has 1 unspecified atom stereocenters. The van der Waals surface area contributed by atoms with Gasteiger partial charge in [0.25, 0.3) is 0 Å². The maximum absolute atomic E-state index is 12.9. The second-order valence-electron chi connectivity index (χ2n) is 5.15. The first kappa shape index (κ1) is 18.4. The normalized spacial score (nSPS) is 13.6. The molecule has 0 saturated heterocycles. The lowest BCUT2D eigenvalue weighted by atomic mass is 10.1. The van der Waals surface area contributed by atoms with Gasteiger partial charge in [0.15, 0.2) is 0 Å². The van der Waals surface area contributed by atoms with E-state index in [9.17, 15) is 8.42 Å². The second kappa shape index (κ2) is 8.70. The first-order valence-corrected chi connectivity index (χ1v) is 8.76. The second-order valence-corrected chi connectivity index (χ2v) is 7.04. The standard InChI is InChI=1S/C16H24N2O3S/c1-4-6-15(7-5-2)18(13-12-17-19)22(20,21)16-10-8-14(3)9-11-16/h4,8-12,15,19H,1,5-7,13H2,2-3H3/b17-12-. The van der Waals surface area contributed by atoms with Gasteiger partial charge in [-0.25, -0.2) is 8.42 Å². The fourth-order valence-corrected chi connectivity index (χ4v) is 3.91. The predicted octanol–water partition coefficient (Wildman–Crippen LogP) is 3.19. The highest BCUT2D eigenvalue weighted by molar-refractivity contribution is 7.89. The van der Waals surface area contributed by atoms with Crippen LogP contribution in [0.1, 0.15) is 31.7 Å². The fourth-order valence-electron chi connectivity index (χ4n) is 2.31. The Bertz CT molecular complexity index is 594. The van der Waals surface area contributed by atoms with Gasteiger partial charge in [0.1, 0.15) is 0 Å². The van der Waals surface area contributed by atoms with E-state index in [1.807, 2.05) is 13.8 Å². The summed E-state index contributed by atoms with van der Waals surface area (Å²) in [7, 11) is -3.65. The molecule has 0 amide bonds. The molecule has 0 aromatic heterocycles. The summed E-state index contributed by atoms with van der Waals surface area (Å²) in [6.07, 6.45) is 5.04. The van der Waals surface area contributed by atoms with Crippen LogP contribution in [0.5, 0.6) is 0 Å². The lowest BCUT2D eigenvalue weighted by Crippen LogP contribution is -2.41. The summed E-state index contributed by atoms with van der Waals surface area (Å²) in [4.78, 5) is 0.245. The molecule has 1 N–H and O–H groups in total. The molecule has 1 aromatic rings. The van der Waals surface area contributed by atoms with Crippen molar-refractivity contribution >= 4 is 16.2 Å². The maximum Gasteiger partial charge on any atom is 0.243 e. The van der Waals surface area contributed by atoms with Crippen molar-refractivity contribution in [3.8, 4) is 0 Å². The van der Waals surface area contributed by atoms with Crippen molar-refractivity contribution < 1.29 is 13.6 Å². The average molecular weight is 324 g/mol. The first-order chi connectivity index (χ1) is 10.5. The molecule has 6 heteroatoms. The van der Waals surface area contributed by atoms with Gasteiger partial charge in [-0.1, -0.05) is 37.1 Å². The molecule has 0 aliphatic rings. The summed E-state index contributed by atoms with van der Waals surface area (Å²) in [6, 6.07) is 6.54. The lowest BCUT2D eigenvalue weighted by molar-refractivity contribution is 0.309. The summed E-state index contributed by atoms with van der Waals surface area (Å²) in [5, 5.41) is 11.6. The molecule has 22 heavy (non-hydrogen) atoms. The highest BCUT2D eigenvalue weighted by Crippen LogP contribution is 2.22. The number of aryl methyl sites for hydroxylation is 1. The Morgan fingerprint density at radius 2 is 2.00 bits per heavy atom. The first-order valence-electron chi connectivity index (χ1n) is 7.32. The van der Waals surface area contributed by atoms with Crippen LogP contribution in [-0.4, -0.2) is 36.7 Å². The summed E-state index contributed by atoms with van der Waals surface area (Å²) >= 11 is 0. The van der Waals surface area contributed by atoms with Gasteiger partial charge in [-0.2, -0.15) is 4.31 Å². The summed E-state index contributed by atoms with van der Waals surface area (Å²) in [5.74, 6) is 0. The van der Waals surface area contributed by atoms with Crippen LogP contribution < -0.4 is 0 Å². The molecule has 0 aliphatic heterocycles. The molecule has 0 bridgehead atoms. The largest absolute Gasteiger partial charge is 0.411 e. The van der Waals surface area contributed by atoms with Crippen LogP contribution in [0.25, 0.3) is 0 Å². The van der Waals surface area contributed by atoms with Gasteiger partial charge in [-0.05, 0) is 31.9 Å². The monoisotopic (exact) mass is 324 g/mol. The SMILES string of the molecule is C=CCC(CCC)N(C/C=N\O)S(=O)(=O)c1ccc(C)cc1.